The average molecular weight is 343 g/mol. The highest BCUT2D eigenvalue weighted by atomic mass is 14.7. The van der Waals surface area contributed by atoms with Gasteiger partial charge in [-0.25, -0.2) is 0 Å². The maximum absolute atomic E-state index is 8.82. The fraction of sp³-hybridized carbons (Fsp3) is 0.857. The summed E-state index contributed by atoms with van der Waals surface area (Å²) in [6, 6.07) is 7.00. The van der Waals surface area contributed by atoms with Crippen LogP contribution in [0.25, 0.3) is 0 Å². The van der Waals surface area contributed by atoms with Crippen molar-refractivity contribution in [1.29, 1.82) is 15.8 Å². The highest BCUT2D eigenvalue weighted by Gasteiger charge is 2.49. The molecular weight excluding hydrogens is 308 g/mol. The molecule has 0 aromatic carbocycles. The molecule has 2 N–H and O–H groups in total. The minimum atomic E-state index is 0.0174. The third-order valence-corrected chi connectivity index (χ3v) is 7.62. The lowest BCUT2D eigenvalue weighted by Gasteiger charge is -2.52. The van der Waals surface area contributed by atoms with Crippen molar-refractivity contribution < 1.29 is 0 Å². The fourth-order valence-electron chi connectivity index (χ4n) is 4.71. The lowest BCUT2D eigenvalue weighted by atomic mass is 9.52. The first kappa shape index (κ1) is 21.5. The smallest absolute Gasteiger partial charge is 0.0659 e. The normalized spacial score (nSPS) is 36.6. The van der Waals surface area contributed by atoms with Gasteiger partial charge < -0.3 is 5.73 Å². The minimum absolute atomic E-state index is 0.0174. The van der Waals surface area contributed by atoms with Gasteiger partial charge in [0.15, 0.2) is 0 Å². The number of nitrogens with zero attached hydrogens (tertiary/aromatic N) is 3. The van der Waals surface area contributed by atoms with Crippen LogP contribution in [0.2, 0.25) is 0 Å². The summed E-state index contributed by atoms with van der Waals surface area (Å²) in [5, 5.41) is 26.3. The van der Waals surface area contributed by atoms with Gasteiger partial charge >= 0.3 is 0 Å². The monoisotopic (exact) mass is 342 g/mol. The Balaban J connectivity index is 0.000000251. The molecule has 2 rings (SSSR count). The zero-order valence-corrected chi connectivity index (χ0v) is 16.5. The zero-order chi connectivity index (χ0) is 19.3. The molecule has 0 spiro atoms. The van der Waals surface area contributed by atoms with Crippen LogP contribution in [0.15, 0.2) is 0 Å². The molecule has 0 aromatic rings. The lowest BCUT2D eigenvalue weighted by molar-refractivity contribution is -0.0184. The molecule has 2 aliphatic carbocycles. The molecule has 2 aliphatic rings. The summed E-state index contributed by atoms with van der Waals surface area (Å²) < 4.78 is 0. The first-order valence-corrected chi connectivity index (χ1v) is 9.61. The zero-order valence-electron chi connectivity index (χ0n) is 16.5. The van der Waals surface area contributed by atoms with Crippen LogP contribution in [-0.2, 0) is 0 Å². The van der Waals surface area contributed by atoms with E-state index < -0.39 is 0 Å². The molecule has 0 amide bonds. The van der Waals surface area contributed by atoms with Gasteiger partial charge in [-0.1, -0.05) is 20.8 Å². The van der Waals surface area contributed by atoms with Crippen LogP contribution in [-0.4, -0.2) is 6.04 Å². The second kappa shape index (κ2) is 8.69. The predicted octanol–water partition coefficient (Wildman–Crippen LogP) is 4.78. The van der Waals surface area contributed by atoms with Crippen molar-refractivity contribution in [2.24, 2.45) is 40.2 Å². The average Bonchev–Trinajstić information content (AvgIpc) is 2.60. The molecule has 0 aliphatic heterocycles. The third-order valence-electron chi connectivity index (χ3n) is 7.62. The first-order valence-electron chi connectivity index (χ1n) is 9.61. The molecule has 2 saturated carbocycles. The van der Waals surface area contributed by atoms with Crippen LogP contribution in [0.1, 0.15) is 73.1 Å². The van der Waals surface area contributed by atoms with Gasteiger partial charge in [0.2, 0.25) is 0 Å². The van der Waals surface area contributed by atoms with Crippen molar-refractivity contribution in [2.75, 3.05) is 0 Å². The van der Waals surface area contributed by atoms with Crippen molar-refractivity contribution in [3.05, 3.63) is 0 Å². The number of hydrogen-bond acceptors (Lipinski definition) is 4. The SMILES string of the molecule is CC(C#N)C1(CC#N)CCC1C.CC(N)C(C)C1(CC#N)CCC1C. The number of nitriles is 3. The summed E-state index contributed by atoms with van der Waals surface area (Å²) in [6.07, 6.45) is 5.90. The van der Waals surface area contributed by atoms with Gasteiger partial charge in [-0.05, 0) is 62.7 Å². The Morgan fingerprint density at radius 3 is 1.60 bits per heavy atom. The number of rotatable bonds is 5. The van der Waals surface area contributed by atoms with Crippen LogP contribution in [0.5, 0.6) is 0 Å². The Kier molecular flexibility index (Phi) is 7.46. The Bertz CT molecular complexity index is 564. The largest absolute Gasteiger partial charge is 0.328 e. The highest BCUT2D eigenvalue weighted by molar-refractivity contribution is 5.07. The van der Waals surface area contributed by atoms with Gasteiger partial charge in [-0.3, -0.25) is 0 Å². The molecule has 0 aromatic heterocycles. The lowest BCUT2D eigenvalue weighted by Crippen LogP contribution is -2.49. The second-order valence-electron chi connectivity index (χ2n) is 8.51. The van der Waals surface area contributed by atoms with E-state index in [0.717, 1.165) is 6.42 Å². The van der Waals surface area contributed by atoms with Crippen molar-refractivity contribution >= 4 is 0 Å². The Morgan fingerprint density at radius 1 is 0.920 bits per heavy atom. The van der Waals surface area contributed by atoms with Crippen LogP contribution in [0.4, 0.5) is 0 Å². The molecule has 0 bridgehead atoms. The van der Waals surface area contributed by atoms with Gasteiger partial charge in [-0.2, -0.15) is 15.8 Å². The molecule has 25 heavy (non-hydrogen) atoms. The molecule has 0 radical (unpaired) electrons. The molecule has 138 valence electrons. The van der Waals surface area contributed by atoms with E-state index in [4.69, 9.17) is 21.5 Å². The van der Waals surface area contributed by atoms with Gasteiger partial charge in [0, 0.05) is 24.3 Å². The van der Waals surface area contributed by atoms with Crippen LogP contribution < -0.4 is 5.73 Å². The standard InChI is InChI=1S/C11H20N2.C10H14N2/c1-8-4-5-11(8,6-7-12)9(2)10(3)13;1-8-3-4-10(8,5-6-11)9(2)7-12/h8-10H,4-6,13H2,1-3H3;8-9H,3-5H2,1-2H3. The van der Waals surface area contributed by atoms with E-state index in [0.29, 0.717) is 30.6 Å². The van der Waals surface area contributed by atoms with Gasteiger partial charge in [0.1, 0.15) is 0 Å². The molecule has 7 unspecified atom stereocenters. The highest BCUT2D eigenvalue weighted by Crippen LogP contribution is 2.55. The van der Waals surface area contributed by atoms with E-state index in [1.807, 2.05) is 6.92 Å². The summed E-state index contributed by atoms with van der Waals surface area (Å²) in [5.41, 5.74) is 6.16. The molecule has 4 nitrogen and oxygen atoms in total. The van der Waals surface area contributed by atoms with E-state index in [1.165, 1.54) is 19.3 Å². The predicted molar refractivity (Wildman–Crippen MR) is 99.7 cm³/mol. The van der Waals surface area contributed by atoms with E-state index >= 15 is 0 Å². The summed E-state index contributed by atoms with van der Waals surface area (Å²) in [6.45, 7) is 10.6. The third kappa shape index (κ3) is 3.99. The molecule has 0 saturated heterocycles. The Morgan fingerprint density at radius 2 is 1.36 bits per heavy atom. The van der Waals surface area contributed by atoms with E-state index in [-0.39, 0.29) is 22.8 Å². The Labute approximate surface area is 154 Å². The molecule has 2 fully saturated rings. The van der Waals surface area contributed by atoms with Crippen LogP contribution in [0, 0.1) is 68.5 Å². The summed E-state index contributed by atoms with van der Waals surface area (Å²) in [5.74, 6) is 1.72. The van der Waals surface area contributed by atoms with Crippen molar-refractivity contribution in [2.45, 2.75) is 79.2 Å². The maximum atomic E-state index is 8.82. The quantitative estimate of drug-likeness (QED) is 0.777. The van der Waals surface area contributed by atoms with E-state index in [2.05, 4.69) is 45.9 Å². The minimum Gasteiger partial charge on any atom is -0.328 e. The molecule has 4 heteroatoms. The van der Waals surface area contributed by atoms with E-state index in [9.17, 15) is 0 Å². The van der Waals surface area contributed by atoms with Gasteiger partial charge in [0.05, 0.1) is 24.1 Å². The molecule has 7 atom stereocenters. The topological polar surface area (TPSA) is 97.4 Å². The van der Waals surface area contributed by atoms with Crippen LogP contribution in [0.3, 0.4) is 0 Å². The number of hydrogen-bond donors (Lipinski definition) is 1. The van der Waals surface area contributed by atoms with Gasteiger partial charge in [0.25, 0.3) is 0 Å². The Hall–Kier alpha value is -1.57. The molecular formula is C21H34N4. The second-order valence-corrected chi connectivity index (χ2v) is 8.51. The summed E-state index contributed by atoms with van der Waals surface area (Å²) in [4.78, 5) is 0. The van der Waals surface area contributed by atoms with Crippen molar-refractivity contribution in [3.8, 4) is 18.2 Å². The maximum Gasteiger partial charge on any atom is 0.0659 e. The fourth-order valence-corrected chi connectivity index (χ4v) is 4.71. The van der Waals surface area contributed by atoms with E-state index in [1.54, 1.807) is 0 Å². The van der Waals surface area contributed by atoms with Crippen LogP contribution >= 0.6 is 0 Å². The van der Waals surface area contributed by atoms with Crippen molar-refractivity contribution in [1.82, 2.24) is 0 Å². The number of nitrogens with two attached hydrogens (primary N) is 1. The summed E-state index contributed by atoms with van der Waals surface area (Å²) in [7, 11) is 0. The summed E-state index contributed by atoms with van der Waals surface area (Å²) >= 11 is 0. The first-order chi connectivity index (χ1) is 11.7. The molecule has 0 heterocycles. The van der Waals surface area contributed by atoms with Crippen molar-refractivity contribution in [3.63, 3.8) is 0 Å². The van der Waals surface area contributed by atoms with Gasteiger partial charge in [-0.15, -0.1) is 0 Å².